The Bertz CT molecular complexity index is 295. The number of aliphatic carboxylic acids is 1. The summed E-state index contributed by atoms with van der Waals surface area (Å²) in [6, 6.07) is 0. The van der Waals surface area contributed by atoms with Gasteiger partial charge in [-0.1, -0.05) is 65.9 Å². The summed E-state index contributed by atoms with van der Waals surface area (Å²) in [5.41, 5.74) is 1.60. The first-order valence-electron chi connectivity index (χ1n) is 7.17. The Morgan fingerprint density at radius 2 is 1.78 bits per heavy atom. The van der Waals surface area contributed by atoms with Crippen LogP contribution in [-0.4, -0.2) is 11.1 Å². The van der Waals surface area contributed by atoms with Crippen LogP contribution in [0.3, 0.4) is 0 Å². The molecule has 0 aromatic carbocycles. The lowest BCUT2D eigenvalue weighted by Gasteiger charge is -2.28. The molecule has 1 unspecified atom stereocenters. The third-order valence-corrected chi connectivity index (χ3v) is 3.71. The Kier molecular flexibility index (Phi) is 7.27. The molecular weight excluding hydrogens is 224 g/mol. The summed E-state index contributed by atoms with van der Waals surface area (Å²) in [6.07, 6.45) is 5.72. The second-order valence-electron chi connectivity index (χ2n) is 6.28. The number of unbranched alkanes of at least 4 members (excludes halogenated alkanes) is 1. The lowest BCUT2D eigenvalue weighted by atomic mass is 9.77. The SMILES string of the molecule is CCCCC(CC)CC(=C(C)C(=O)O)C(C)(C)C. The van der Waals surface area contributed by atoms with Gasteiger partial charge in [0.05, 0.1) is 0 Å². The molecule has 106 valence electrons. The third kappa shape index (κ3) is 5.70. The van der Waals surface area contributed by atoms with Crippen molar-refractivity contribution in [2.45, 2.75) is 73.6 Å². The minimum absolute atomic E-state index is 0.0535. The van der Waals surface area contributed by atoms with Gasteiger partial charge in [-0.2, -0.15) is 0 Å². The van der Waals surface area contributed by atoms with Gasteiger partial charge >= 0.3 is 5.97 Å². The Morgan fingerprint density at radius 3 is 2.11 bits per heavy atom. The summed E-state index contributed by atoms with van der Waals surface area (Å²) in [4.78, 5) is 11.2. The fourth-order valence-electron chi connectivity index (χ4n) is 2.38. The highest BCUT2D eigenvalue weighted by Crippen LogP contribution is 2.35. The van der Waals surface area contributed by atoms with Crippen molar-refractivity contribution in [2.75, 3.05) is 0 Å². The third-order valence-electron chi connectivity index (χ3n) is 3.71. The van der Waals surface area contributed by atoms with Crippen LogP contribution in [-0.2, 0) is 4.79 Å². The minimum atomic E-state index is -0.773. The fraction of sp³-hybridized carbons (Fsp3) is 0.812. The molecule has 0 aliphatic carbocycles. The highest BCUT2D eigenvalue weighted by atomic mass is 16.4. The van der Waals surface area contributed by atoms with E-state index in [2.05, 4.69) is 34.6 Å². The Labute approximate surface area is 112 Å². The summed E-state index contributed by atoms with van der Waals surface area (Å²) in [5, 5.41) is 9.22. The van der Waals surface area contributed by atoms with E-state index in [4.69, 9.17) is 0 Å². The number of allylic oxidation sites excluding steroid dienone is 1. The summed E-state index contributed by atoms with van der Waals surface area (Å²) in [5.74, 6) is -0.154. The number of hydrogen-bond acceptors (Lipinski definition) is 1. The number of carboxylic acids is 1. The summed E-state index contributed by atoms with van der Waals surface area (Å²) < 4.78 is 0. The van der Waals surface area contributed by atoms with Crippen molar-refractivity contribution < 1.29 is 9.90 Å². The van der Waals surface area contributed by atoms with Gasteiger partial charge in [-0.05, 0) is 24.7 Å². The normalized spacial score (nSPS) is 15.2. The van der Waals surface area contributed by atoms with E-state index in [0.29, 0.717) is 11.5 Å². The topological polar surface area (TPSA) is 37.3 Å². The van der Waals surface area contributed by atoms with Crippen molar-refractivity contribution in [3.05, 3.63) is 11.1 Å². The quantitative estimate of drug-likeness (QED) is 0.646. The molecule has 1 atom stereocenters. The maximum Gasteiger partial charge on any atom is 0.331 e. The number of carbonyl (C=O) groups is 1. The molecule has 1 N–H and O–H groups in total. The second kappa shape index (κ2) is 7.60. The van der Waals surface area contributed by atoms with E-state index in [1.54, 1.807) is 6.92 Å². The van der Waals surface area contributed by atoms with Gasteiger partial charge in [-0.25, -0.2) is 4.79 Å². The monoisotopic (exact) mass is 254 g/mol. The molecule has 2 nitrogen and oxygen atoms in total. The van der Waals surface area contributed by atoms with Crippen molar-refractivity contribution in [1.29, 1.82) is 0 Å². The van der Waals surface area contributed by atoms with Crippen LogP contribution in [0.15, 0.2) is 11.1 Å². The highest BCUT2D eigenvalue weighted by molar-refractivity contribution is 5.87. The molecule has 0 amide bonds. The standard InChI is InChI=1S/C16H30O2/c1-7-9-10-13(8-2)11-14(16(4,5)6)12(3)15(17)18/h13H,7-11H2,1-6H3,(H,17,18). The molecule has 0 radical (unpaired) electrons. The average Bonchev–Trinajstić information content (AvgIpc) is 2.26. The first-order valence-corrected chi connectivity index (χ1v) is 7.17. The van der Waals surface area contributed by atoms with Crippen molar-refractivity contribution in [1.82, 2.24) is 0 Å². The fourth-order valence-corrected chi connectivity index (χ4v) is 2.38. The molecule has 0 spiro atoms. The van der Waals surface area contributed by atoms with Crippen molar-refractivity contribution in [3.63, 3.8) is 0 Å². The predicted molar refractivity (Wildman–Crippen MR) is 77.7 cm³/mol. The first-order chi connectivity index (χ1) is 8.23. The van der Waals surface area contributed by atoms with Crippen LogP contribution in [0.2, 0.25) is 0 Å². The zero-order valence-electron chi connectivity index (χ0n) is 13.0. The van der Waals surface area contributed by atoms with Crippen LogP contribution in [0.4, 0.5) is 0 Å². The Morgan fingerprint density at radius 1 is 1.22 bits per heavy atom. The van der Waals surface area contributed by atoms with E-state index >= 15 is 0 Å². The first kappa shape index (κ1) is 17.2. The smallest absolute Gasteiger partial charge is 0.331 e. The van der Waals surface area contributed by atoms with Gasteiger partial charge in [0, 0.05) is 5.57 Å². The zero-order chi connectivity index (χ0) is 14.3. The Hall–Kier alpha value is -0.790. The summed E-state index contributed by atoms with van der Waals surface area (Å²) in [6.45, 7) is 12.5. The van der Waals surface area contributed by atoms with Crippen LogP contribution in [0.5, 0.6) is 0 Å². The van der Waals surface area contributed by atoms with E-state index < -0.39 is 5.97 Å². The van der Waals surface area contributed by atoms with Gasteiger partial charge in [0.25, 0.3) is 0 Å². The molecule has 0 bridgehead atoms. The average molecular weight is 254 g/mol. The molecule has 2 heteroatoms. The van der Waals surface area contributed by atoms with Gasteiger partial charge in [-0.3, -0.25) is 0 Å². The molecule has 18 heavy (non-hydrogen) atoms. The molecule has 0 aliphatic heterocycles. The van der Waals surface area contributed by atoms with Gasteiger partial charge in [0.15, 0.2) is 0 Å². The van der Waals surface area contributed by atoms with E-state index in [9.17, 15) is 9.90 Å². The lowest BCUT2D eigenvalue weighted by molar-refractivity contribution is -0.132. The molecule has 0 fully saturated rings. The summed E-state index contributed by atoms with van der Waals surface area (Å²) >= 11 is 0. The number of carboxylic acid groups (broad SMARTS) is 1. The summed E-state index contributed by atoms with van der Waals surface area (Å²) in [7, 11) is 0. The maximum atomic E-state index is 11.2. The van der Waals surface area contributed by atoms with E-state index in [1.807, 2.05) is 0 Å². The van der Waals surface area contributed by atoms with Gasteiger partial charge in [-0.15, -0.1) is 0 Å². The van der Waals surface area contributed by atoms with Gasteiger partial charge in [0.2, 0.25) is 0 Å². The van der Waals surface area contributed by atoms with E-state index in [1.165, 1.54) is 19.3 Å². The van der Waals surface area contributed by atoms with Crippen LogP contribution < -0.4 is 0 Å². The van der Waals surface area contributed by atoms with E-state index in [-0.39, 0.29) is 5.41 Å². The largest absolute Gasteiger partial charge is 0.478 e. The van der Waals surface area contributed by atoms with Crippen LogP contribution in [0.1, 0.15) is 73.6 Å². The molecule has 0 aliphatic rings. The molecule has 0 heterocycles. The second-order valence-corrected chi connectivity index (χ2v) is 6.28. The zero-order valence-corrected chi connectivity index (χ0v) is 13.0. The minimum Gasteiger partial charge on any atom is -0.478 e. The van der Waals surface area contributed by atoms with Gasteiger partial charge < -0.3 is 5.11 Å². The molecule has 0 saturated carbocycles. The molecule has 0 rings (SSSR count). The van der Waals surface area contributed by atoms with E-state index in [0.717, 1.165) is 18.4 Å². The Balaban J connectivity index is 5.02. The van der Waals surface area contributed by atoms with Crippen LogP contribution >= 0.6 is 0 Å². The molecule has 0 aromatic heterocycles. The van der Waals surface area contributed by atoms with Crippen LogP contribution in [0.25, 0.3) is 0 Å². The maximum absolute atomic E-state index is 11.2. The van der Waals surface area contributed by atoms with Crippen molar-refractivity contribution in [2.24, 2.45) is 11.3 Å². The van der Waals surface area contributed by atoms with Crippen molar-refractivity contribution in [3.8, 4) is 0 Å². The number of hydrogen-bond donors (Lipinski definition) is 1. The highest BCUT2D eigenvalue weighted by Gasteiger charge is 2.24. The number of rotatable bonds is 7. The molecular formula is C16H30O2. The molecule has 0 saturated heterocycles. The van der Waals surface area contributed by atoms with Crippen LogP contribution in [0, 0.1) is 11.3 Å². The van der Waals surface area contributed by atoms with Crippen molar-refractivity contribution >= 4 is 5.97 Å². The van der Waals surface area contributed by atoms with Gasteiger partial charge in [0.1, 0.15) is 0 Å². The lowest BCUT2D eigenvalue weighted by Crippen LogP contribution is -2.18. The molecule has 0 aromatic rings. The predicted octanol–water partition coefficient (Wildman–Crippen LogP) is 5.04.